The number of benzene rings is 2. The maximum Gasteiger partial charge on any atom is 0.243 e. The molecule has 146 valence electrons. The second-order valence-electron chi connectivity index (χ2n) is 6.30. The summed E-state index contributed by atoms with van der Waals surface area (Å²) in [5, 5.41) is -0.324. The van der Waals surface area contributed by atoms with Gasteiger partial charge in [-0.15, -0.1) is 0 Å². The highest BCUT2D eigenvalue weighted by atomic mass is 35.5. The summed E-state index contributed by atoms with van der Waals surface area (Å²) in [4.78, 5) is 0.275. The molecule has 0 saturated carbocycles. The van der Waals surface area contributed by atoms with E-state index in [9.17, 15) is 16.8 Å². The quantitative estimate of drug-likeness (QED) is 0.705. The third-order valence-electron chi connectivity index (χ3n) is 4.48. The van der Waals surface area contributed by atoms with E-state index in [1.54, 1.807) is 19.1 Å². The standard InChI is InChI=1S/C18H20ClNO5S2/c1-3-25-18-9-8-16(10-13(18)2)27(23,24)20-11-17(12-20)26(21,22)15-6-4-14(19)5-7-15/h4-10,17H,3,11-12H2,1-2H3. The van der Waals surface area contributed by atoms with Crippen molar-refractivity contribution in [2.45, 2.75) is 28.9 Å². The summed E-state index contributed by atoms with van der Waals surface area (Å²) in [7, 11) is -7.35. The molecule has 6 nitrogen and oxygen atoms in total. The predicted molar refractivity (Wildman–Crippen MR) is 104 cm³/mol. The Morgan fingerprint density at radius 2 is 1.63 bits per heavy atom. The Bertz CT molecular complexity index is 1040. The number of halogens is 1. The molecule has 0 aromatic heterocycles. The van der Waals surface area contributed by atoms with Crippen LogP contribution < -0.4 is 4.74 Å². The zero-order valence-electron chi connectivity index (χ0n) is 14.9. The second-order valence-corrected chi connectivity index (χ2v) is 10.9. The molecule has 1 heterocycles. The maximum atomic E-state index is 12.8. The highest BCUT2D eigenvalue weighted by Crippen LogP contribution is 2.31. The van der Waals surface area contributed by atoms with Gasteiger partial charge in [0.25, 0.3) is 0 Å². The van der Waals surface area contributed by atoms with E-state index in [2.05, 4.69) is 0 Å². The lowest BCUT2D eigenvalue weighted by Crippen LogP contribution is -2.56. The first kappa shape index (κ1) is 20.1. The van der Waals surface area contributed by atoms with Crippen molar-refractivity contribution in [2.24, 2.45) is 0 Å². The van der Waals surface area contributed by atoms with Crippen LogP contribution in [0.5, 0.6) is 5.75 Å². The van der Waals surface area contributed by atoms with Crippen LogP contribution in [0.3, 0.4) is 0 Å². The molecule has 3 rings (SSSR count). The molecule has 1 saturated heterocycles. The number of ether oxygens (including phenoxy) is 1. The Kier molecular flexibility index (Phi) is 5.54. The first-order valence-electron chi connectivity index (χ1n) is 8.39. The Balaban J connectivity index is 1.76. The molecule has 2 aromatic carbocycles. The van der Waals surface area contributed by atoms with Crippen LogP contribution in [0.25, 0.3) is 0 Å². The number of hydrogen-bond donors (Lipinski definition) is 0. The number of sulfone groups is 1. The minimum atomic E-state index is -3.75. The van der Waals surface area contributed by atoms with Crippen LogP contribution in [0, 0.1) is 6.92 Å². The molecule has 1 aliphatic rings. The van der Waals surface area contributed by atoms with Crippen molar-refractivity contribution in [2.75, 3.05) is 19.7 Å². The van der Waals surface area contributed by atoms with Gasteiger partial charge >= 0.3 is 0 Å². The number of sulfonamides is 1. The molecule has 0 N–H and O–H groups in total. The highest BCUT2D eigenvalue weighted by molar-refractivity contribution is 7.92. The minimum Gasteiger partial charge on any atom is -0.494 e. The van der Waals surface area contributed by atoms with E-state index >= 15 is 0 Å². The fourth-order valence-electron chi connectivity index (χ4n) is 2.86. The Hall–Kier alpha value is -1.61. The van der Waals surface area contributed by atoms with E-state index in [1.165, 1.54) is 34.6 Å². The van der Waals surface area contributed by atoms with Crippen LogP contribution in [0.15, 0.2) is 52.3 Å². The van der Waals surface area contributed by atoms with Gasteiger partial charge in [-0.05, 0) is 61.9 Å². The third-order valence-corrected chi connectivity index (χ3v) is 8.66. The fraction of sp³-hybridized carbons (Fsp3) is 0.333. The molecule has 0 bridgehead atoms. The topological polar surface area (TPSA) is 80.8 Å². The molecule has 0 radical (unpaired) electrons. The lowest BCUT2D eigenvalue weighted by molar-refractivity contribution is 0.309. The van der Waals surface area contributed by atoms with E-state index in [0.29, 0.717) is 22.9 Å². The summed E-state index contributed by atoms with van der Waals surface area (Å²) in [6, 6.07) is 10.5. The fourth-order valence-corrected chi connectivity index (χ4v) is 6.44. The van der Waals surface area contributed by atoms with Crippen molar-refractivity contribution < 1.29 is 21.6 Å². The summed E-state index contributed by atoms with van der Waals surface area (Å²) in [5.74, 6) is 0.628. The lowest BCUT2D eigenvalue weighted by atomic mass is 10.2. The molecule has 1 fully saturated rings. The van der Waals surface area contributed by atoms with Gasteiger partial charge in [0.1, 0.15) is 5.75 Å². The van der Waals surface area contributed by atoms with Crippen molar-refractivity contribution in [1.29, 1.82) is 0 Å². The third kappa shape index (κ3) is 3.85. The number of nitrogens with zero attached hydrogens (tertiary/aromatic N) is 1. The molecule has 0 amide bonds. The average molecular weight is 430 g/mol. The van der Waals surface area contributed by atoms with E-state index < -0.39 is 25.1 Å². The van der Waals surface area contributed by atoms with Gasteiger partial charge in [0.05, 0.1) is 21.6 Å². The predicted octanol–water partition coefficient (Wildman–Crippen LogP) is 2.89. The summed E-state index contributed by atoms with van der Waals surface area (Å²) in [5.41, 5.74) is 0.712. The van der Waals surface area contributed by atoms with Crippen molar-refractivity contribution in [3.8, 4) is 5.75 Å². The van der Waals surface area contributed by atoms with Gasteiger partial charge in [-0.2, -0.15) is 4.31 Å². The van der Waals surface area contributed by atoms with Crippen LogP contribution >= 0.6 is 11.6 Å². The van der Waals surface area contributed by atoms with Crippen molar-refractivity contribution in [3.05, 3.63) is 53.1 Å². The SMILES string of the molecule is CCOc1ccc(S(=O)(=O)N2CC(S(=O)(=O)c3ccc(Cl)cc3)C2)cc1C. The van der Waals surface area contributed by atoms with E-state index in [4.69, 9.17) is 16.3 Å². The van der Waals surface area contributed by atoms with Crippen molar-refractivity contribution >= 4 is 31.5 Å². The Morgan fingerprint density at radius 3 is 2.19 bits per heavy atom. The monoisotopic (exact) mass is 429 g/mol. The number of hydrogen-bond acceptors (Lipinski definition) is 5. The van der Waals surface area contributed by atoms with Crippen LogP contribution in [0.2, 0.25) is 5.02 Å². The average Bonchev–Trinajstić information content (AvgIpc) is 2.55. The van der Waals surface area contributed by atoms with Crippen LogP contribution in [-0.2, 0) is 19.9 Å². The molecule has 2 aromatic rings. The van der Waals surface area contributed by atoms with Crippen LogP contribution in [0.1, 0.15) is 12.5 Å². The van der Waals surface area contributed by atoms with E-state index in [1.807, 2.05) is 6.92 Å². The van der Waals surface area contributed by atoms with E-state index in [-0.39, 0.29) is 22.9 Å². The molecule has 0 atom stereocenters. The van der Waals surface area contributed by atoms with Gasteiger partial charge in [-0.3, -0.25) is 0 Å². The maximum absolute atomic E-state index is 12.8. The molecular formula is C18H20ClNO5S2. The van der Waals surface area contributed by atoms with Gasteiger partial charge in [-0.25, -0.2) is 16.8 Å². The molecule has 0 spiro atoms. The van der Waals surface area contributed by atoms with E-state index in [0.717, 1.165) is 0 Å². The Labute approximate surface area is 164 Å². The zero-order valence-corrected chi connectivity index (χ0v) is 17.3. The van der Waals surface area contributed by atoms with Gasteiger partial charge < -0.3 is 4.74 Å². The largest absolute Gasteiger partial charge is 0.494 e. The molecule has 27 heavy (non-hydrogen) atoms. The Morgan fingerprint density at radius 1 is 1.04 bits per heavy atom. The van der Waals surface area contributed by atoms with Crippen molar-refractivity contribution in [1.82, 2.24) is 4.31 Å². The van der Waals surface area contributed by atoms with Gasteiger partial charge in [-0.1, -0.05) is 11.6 Å². The molecule has 0 aliphatic carbocycles. The van der Waals surface area contributed by atoms with Crippen LogP contribution in [0.4, 0.5) is 0 Å². The van der Waals surface area contributed by atoms with Gasteiger partial charge in [0.15, 0.2) is 9.84 Å². The minimum absolute atomic E-state index is 0.0699. The summed E-state index contributed by atoms with van der Waals surface area (Å²) >= 11 is 5.79. The summed E-state index contributed by atoms with van der Waals surface area (Å²) in [6.07, 6.45) is 0. The van der Waals surface area contributed by atoms with Gasteiger partial charge in [0, 0.05) is 18.1 Å². The molecule has 1 aliphatic heterocycles. The molecule has 0 unspecified atom stereocenters. The lowest BCUT2D eigenvalue weighted by Gasteiger charge is -2.37. The summed E-state index contributed by atoms with van der Waals surface area (Å²) < 4.78 is 57.4. The smallest absolute Gasteiger partial charge is 0.243 e. The molecular weight excluding hydrogens is 410 g/mol. The summed E-state index contributed by atoms with van der Waals surface area (Å²) in [6.45, 7) is 3.97. The highest BCUT2D eigenvalue weighted by Gasteiger charge is 2.44. The zero-order chi connectivity index (χ0) is 19.8. The first-order chi connectivity index (χ1) is 12.7. The first-order valence-corrected chi connectivity index (χ1v) is 11.8. The molecule has 9 heteroatoms. The van der Waals surface area contributed by atoms with Gasteiger partial charge in [0.2, 0.25) is 10.0 Å². The number of aryl methyl sites for hydroxylation is 1. The second kappa shape index (κ2) is 7.43. The number of rotatable bonds is 6. The van der Waals surface area contributed by atoms with Crippen LogP contribution in [-0.4, -0.2) is 46.1 Å². The van der Waals surface area contributed by atoms with Crippen molar-refractivity contribution in [3.63, 3.8) is 0 Å². The normalized spacial score (nSPS) is 16.1.